The van der Waals surface area contributed by atoms with Crippen LogP contribution >= 0.6 is 15.9 Å². The van der Waals surface area contributed by atoms with E-state index in [2.05, 4.69) is 21.0 Å². The molecule has 0 amide bonds. The molecule has 0 aliphatic heterocycles. The number of carboxylic acids is 2. The fourth-order valence-corrected chi connectivity index (χ4v) is 2.31. The number of hydrogen-bond donors (Lipinski definition) is 3. The quantitative estimate of drug-likeness (QED) is 0.776. The van der Waals surface area contributed by atoms with Crippen LogP contribution in [0.5, 0.6) is 0 Å². The van der Waals surface area contributed by atoms with Gasteiger partial charge in [0.2, 0.25) is 0 Å². The summed E-state index contributed by atoms with van der Waals surface area (Å²) in [6, 6.07) is 5.06. The van der Waals surface area contributed by atoms with Gasteiger partial charge in [0.05, 0.1) is 11.9 Å². The first kappa shape index (κ1) is 14.2. The van der Waals surface area contributed by atoms with Gasteiger partial charge < -0.3 is 15.9 Å². The molecule has 0 spiro atoms. The molecule has 0 atom stereocenters. The molecule has 1 aromatic heterocycles. The molecule has 0 bridgehead atoms. The fourth-order valence-electron chi connectivity index (χ4n) is 1.78. The summed E-state index contributed by atoms with van der Waals surface area (Å²) < 4.78 is 1.76. The maximum absolute atomic E-state index is 11.3. The Balaban J connectivity index is 2.67. The number of aromatic nitrogens is 2. The first-order valence-corrected chi connectivity index (χ1v) is 6.28. The van der Waals surface area contributed by atoms with E-state index in [1.165, 1.54) is 0 Å². The van der Waals surface area contributed by atoms with Gasteiger partial charge in [-0.25, -0.2) is 14.3 Å². The van der Waals surface area contributed by atoms with Gasteiger partial charge in [-0.1, -0.05) is 15.9 Å². The summed E-state index contributed by atoms with van der Waals surface area (Å²) >= 11 is 3.29. The van der Waals surface area contributed by atoms with E-state index < -0.39 is 17.6 Å². The molecule has 4 N–H and O–H groups in total. The van der Waals surface area contributed by atoms with Crippen LogP contribution in [0.2, 0.25) is 0 Å². The lowest BCUT2D eigenvalue weighted by molar-refractivity contribution is 0.0646. The third kappa shape index (κ3) is 2.56. The number of benzene rings is 1. The van der Waals surface area contributed by atoms with Gasteiger partial charge in [0, 0.05) is 11.0 Å². The van der Waals surface area contributed by atoms with Gasteiger partial charge in [0.1, 0.15) is 5.56 Å². The van der Waals surface area contributed by atoms with Crippen LogP contribution in [0.25, 0.3) is 5.69 Å². The zero-order valence-corrected chi connectivity index (χ0v) is 11.7. The van der Waals surface area contributed by atoms with Crippen molar-refractivity contribution >= 4 is 27.9 Å². The van der Waals surface area contributed by atoms with Crippen molar-refractivity contribution in [2.45, 2.75) is 6.54 Å². The normalized spacial score (nSPS) is 10.5. The molecule has 0 saturated carbocycles. The van der Waals surface area contributed by atoms with Crippen LogP contribution in [0.1, 0.15) is 26.4 Å². The van der Waals surface area contributed by atoms with E-state index in [1.54, 1.807) is 18.2 Å². The smallest absolute Gasteiger partial charge is 0.355 e. The van der Waals surface area contributed by atoms with E-state index in [4.69, 9.17) is 10.8 Å². The summed E-state index contributed by atoms with van der Waals surface area (Å²) in [6.07, 6.45) is 1.01. The molecular formula is C12H10BrN3O4. The molecule has 0 radical (unpaired) electrons. The Bertz CT molecular complexity index is 696. The molecule has 0 aliphatic carbocycles. The van der Waals surface area contributed by atoms with Gasteiger partial charge in [-0.15, -0.1) is 0 Å². The molecule has 0 saturated heterocycles. The lowest BCUT2D eigenvalue weighted by Gasteiger charge is -2.08. The first-order valence-electron chi connectivity index (χ1n) is 5.48. The van der Waals surface area contributed by atoms with Crippen molar-refractivity contribution in [2.24, 2.45) is 5.73 Å². The van der Waals surface area contributed by atoms with Crippen molar-refractivity contribution in [3.8, 4) is 5.69 Å². The van der Waals surface area contributed by atoms with E-state index >= 15 is 0 Å². The molecule has 1 heterocycles. The number of halogens is 1. The van der Waals surface area contributed by atoms with Crippen molar-refractivity contribution in [1.29, 1.82) is 0 Å². The third-order valence-corrected chi connectivity index (χ3v) is 3.08. The highest BCUT2D eigenvalue weighted by Gasteiger charge is 2.23. The molecule has 2 aromatic rings. The average Bonchev–Trinajstić information content (AvgIpc) is 2.82. The number of carbonyl (C=O) groups is 2. The number of nitrogens with two attached hydrogens (primary N) is 1. The molecule has 20 heavy (non-hydrogen) atoms. The van der Waals surface area contributed by atoms with Crippen molar-refractivity contribution < 1.29 is 19.8 Å². The van der Waals surface area contributed by atoms with Crippen LogP contribution in [0.4, 0.5) is 0 Å². The Morgan fingerprint density at radius 3 is 2.50 bits per heavy atom. The van der Waals surface area contributed by atoms with Crippen molar-refractivity contribution in [2.75, 3.05) is 0 Å². The van der Waals surface area contributed by atoms with Crippen LogP contribution in [0, 0.1) is 0 Å². The molecule has 7 nitrogen and oxygen atoms in total. The van der Waals surface area contributed by atoms with Gasteiger partial charge >= 0.3 is 11.9 Å². The zero-order valence-electron chi connectivity index (χ0n) is 10.1. The summed E-state index contributed by atoms with van der Waals surface area (Å²) in [4.78, 5) is 22.3. The van der Waals surface area contributed by atoms with Crippen LogP contribution in [-0.4, -0.2) is 31.9 Å². The first-order chi connectivity index (χ1) is 9.43. The molecular weight excluding hydrogens is 330 g/mol. The number of rotatable bonds is 4. The van der Waals surface area contributed by atoms with Gasteiger partial charge in [-0.3, -0.25) is 0 Å². The van der Waals surface area contributed by atoms with Crippen molar-refractivity contribution in [3.63, 3.8) is 0 Å². The molecule has 1 aromatic carbocycles. The predicted molar refractivity (Wildman–Crippen MR) is 73.1 cm³/mol. The minimum Gasteiger partial charge on any atom is -0.478 e. The Hall–Kier alpha value is -2.19. The van der Waals surface area contributed by atoms with Crippen LogP contribution in [0.15, 0.2) is 28.9 Å². The maximum Gasteiger partial charge on any atom is 0.355 e. The summed E-state index contributed by atoms with van der Waals surface area (Å²) in [5.74, 6) is -2.71. The number of nitrogens with zero attached hydrogens (tertiary/aromatic N) is 2. The molecule has 0 aliphatic rings. The van der Waals surface area contributed by atoms with Gasteiger partial charge in [-0.05, 0) is 23.8 Å². The fraction of sp³-hybridized carbons (Fsp3) is 0.0833. The highest BCUT2D eigenvalue weighted by atomic mass is 79.9. The highest BCUT2D eigenvalue weighted by Crippen LogP contribution is 2.21. The minimum atomic E-state index is -1.37. The summed E-state index contributed by atoms with van der Waals surface area (Å²) in [7, 11) is 0. The van der Waals surface area contributed by atoms with Gasteiger partial charge in [-0.2, -0.15) is 5.10 Å². The predicted octanol–water partition coefficient (Wildman–Crippen LogP) is 1.49. The van der Waals surface area contributed by atoms with Crippen molar-refractivity contribution in [1.82, 2.24) is 9.78 Å². The zero-order chi connectivity index (χ0) is 14.9. The topological polar surface area (TPSA) is 118 Å². The molecule has 104 valence electrons. The standard InChI is InChI=1S/C12H10BrN3O4/c13-7-1-6(4-14)2-8(3-7)16-10(12(19)20)9(5-15-16)11(17)18/h1-3,5H,4,14H2,(H,17,18)(H,19,20). The largest absolute Gasteiger partial charge is 0.478 e. The summed E-state index contributed by atoms with van der Waals surface area (Å²) in [6.45, 7) is 0.266. The Kier molecular flexibility index (Phi) is 3.86. The Labute approximate surface area is 121 Å². The van der Waals surface area contributed by atoms with Crippen LogP contribution in [0.3, 0.4) is 0 Å². The third-order valence-electron chi connectivity index (χ3n) is 2.62. The van der Waals surface area contributed by atoms with Crippen LogP contribution in [-0.2, 0) is 6.54 Å². The lowest BCUT2D eigenvalue weighted by Crippen LogP contribution is -2.13. The van der Waals surface area contributed by atoms with E-state index in [9.17, 15) is 14.7 Å². The monoisotopic (exact) mass is 339 g/mol. The number of carboxylic acid groups (broad SMARTS) is 2. The van der Waals surface area contributed by atoms with E-state index in [-0.39, 0.29) is 12.1 Å². The molecule has 0 fully saturated rings. The summed E-state index contributed by atoms with van der Waals surface area (Å²) in [5, 5.41) is 22.0. The molecule has 2 rings (SSSR count). The average molecular weight is 340 g/mol. The van der Waals surface area contributed by atoms with Crippen molar-refractivity contribution in [3.05, 3.63) is 45.7 Å². The van der Waals surface area contributed by atoms with Crippen LogP contribution < -0.4 is 5.73 Å². The van der Waals surface area contributed by atoms with Gasteiger partial charge in [0.15, 0.2) is 5.69 Å². The second kappa shape index (κ2) is 5.43. The molecule has 0 unspecified atom stereocenters. The number of hydrogen-bond acceptors (Lipinski definition) is 4. The lowest BCUT2D eigenvalue weighted by atomic mass is 10.2. The minimum absolute atomic E-state index is 0.266. The SMILES string of the molecule is NCc1cc(Br)cc(-n2ncc(C(=O)O)c2C(=O)O)c1. The second-order valence-electron chi connectivity index (χ2n) is 3.95. The Morgan fingerprint density at radius 2 is 1.95 bits per heavy atom. The second-order valence-corrected chi connectivity index (χ2v) is 4.87. The maximum atomic E-state index is 11.3. The number of aromatic carboxylic acids is 2. The Morgan fingerprint density at radius 1 is 1.25 bits per heavy atom. The summed E-state index contributed by atoms with van der Waals surface area (Å²) in [5.41, 5.74) is 5.97. The van der Waals surface area contributed by atoms with Gasteiger partial charge in [0.25, 0.3) is 0 Å². The molecule has 8 heteroatoms. The van der Waals surface area contributed by atoms with E-state index in [1.807, 2.05) is 0 Å². The highest BCUT2D eigenvalue weighted by molar-refractivity contribution is 9.10. The van der Waals surface area contributed by atoms with E-state index in [0.717, 1.165) is 16.4 Å². The van der Waals surface area contributed by atoms with E-state index in [0.29, 0.717) is 10.2 Å².